The van der Waals surface area contributed by atoms with E-state index >= 15 is 0 Å². The van der Waals surface area contributed by atoms with Crippen LogP contribution in [0.1, 0.15) is 32.3 Å². The predicted molar refractivity (Wildman–Crippen MR) is 115 cm³/mol. The van der Waals surface area contributed by atoms with Gasteiger partial charge in [-0.3, -0.25) is 14.5 Å². The van der Waals surface area contributed by atoms with Crippen LogP contribution in [0.3, 0.4) is 0 Å². The quantitative estimate of drug-likeness (QED) is 0.508. The second kappa shape index (κ2) is 8.18. The van der Waals surface area contributed by atoms with Crippen molar-refractivity contribution in [3.63, 3.8) is 0 Å². The zero-order valence-corrected chi connectivity index (χ0v) is 18.0. The first kappa shape index (κ1) is 21.7. The minimum atomic E-state index is -1.72. The molecule has 2 aliphatic heterocycles. The van der Waals surface area contributed by atoms with E-state index < -0.39 is 35.2 Å². The summed E-state index contributed by atoms with van der Waals surface area (Å²) < 4.78 is 24.5. The number of benzene rings is 2. The van der Waals surface area contributed by atoms with Crippen molar-refractivity contribution in [2.75, 3.05) is 12.0 Å². The van der Waals surface area contributed by atoms with Gasteiger partial charge >= 0.3 is 5.97 Å². The van der Waals surface area contributed by atoms with Crippen LogP contribution in [-0.2, 0) is 24.8 Å². The molecule has 0 unspecified atom stereocenters. The van der Waals surface area contributed by atoms with E-state index in [1.54, 1.807) is 24.3 Å². The number of amides is 2. The van der Waals surface area contributed by atoms with Gasteiger partial charge in [0.2, 0.25) is 17.5 Å². The molecular formula is C24H23FN2O5. The number of carbonyl (C=O) groups excluding carboxylic acids is 3. The van der Waals surface area contributed by atoms with Crippen LogP contribution >= 0.6 is 0 Å². The normalized spacial score (nSPS) is 23.0. The Balaban J connectivity index is 1.77. The summed E-state index contributed by atoms with van der Waals surface area (Å²) in [5.41, 5.74) is -0.794. The molecule has 2 aromatic carbocycles. The van der Waals surface area contributed by atoms with E-state index in [1.165, 1.54) is 31.4 Å². The zero-order valence-electron chi connectivity index (χ0n) is 18.0. The molecule has 2 atom stereocenters. The van der Waals surface area contributed by atoms with Gasteiger partial charge in [0.25, 0.3) is 0 Å². The molecule has 0 bridgehead atoms. The predicted octanol–water partition coefficient (Wildman–Crippen LogP) is 3.61. The van der Waals surface area contributed by atoms with Crippen LogP contribution in [0.5, 0.6) is 5.75 Å². The van der Waals surface area contributed by atoms with E-state index in [0.717, 1.165) is 4.90 Å². The molecule has 32 heavy (non-hydrogen) atoms. The number of methoxy groups -OCH3 is 1. The number of ether oxygens (including phenoxy) is 2. The first-order valence-electron chi connectivity index (χ1n) is 10.3. The summed E-state index contributed by atoms with van der Waals surface area (Å²) in [5, 5.41) is 0. The summed E-state index contributed by atoms with van der Waals surface area (Å²) >= 11 is 0. The fourth-order valence-electron chi connectivity index (χ4n) is 4.09. The summed E-state index contributed by atoms with van der Waals surface area (Å²) in [4.78, 5) is 44.7. The molecule has 0 aromatic heterocycles. The van der Waals surface area contributed by atoms with Gasteiger partial charge in [0.1, 0.15) is 23.2 Å². The highest BCUT2D eigenvalue weighted by Gasteiger charge is 2.58. The molecule has 0 saturated carbocycles. The lowest BCUT2D eigenvalue weighted by Gasteiger charge is -2.30. The maximum atomic E-state index is 13.6. The number of nitrogens with zero attached hydrogens (tertiary/aromatic N) is 2. The van der Waals surface area contributed by atoms with Gasteiger partial charge in [-0.2, -0.15) is 0 Å². The fraction of sp³-hybridized carbons (Fsp3) is 0.333. The van der Waals surface area contributed by atoms with Crippen molar-refractivity contribution in [1.29, 1.82) is 0 Å². The largest absolute Gasteiger partial charge is 0.497 e. The van der Waals surface area contributed by atoms with Crippen molar-refractivity contribution in [2.45, 2.75) is 32.4 Å². The summed E-state index contributed by atoms with van der Waals surface area (Å²) in [5.74, 6) is -2.44. The molecule has 0 spiro atoms. The van der Waals surface area contributed by atoms with Gasteiger partial charge in [-0.05, 0) is 48.7 Å². The van der Waals surface area contributed by atoms with Crippen LogP contribution in [0.25, 0.3) is 0 Å². The Morgan fingerprint density at radius 1 is 1.12 bits per heavy atom. The van der Waals surface area contributed by atoms with E-state index in [2.05, 4.69) is 4.99 Å². The van der Waals surface area contributed by atoms with Crippen LogP contribution in [0.4, 0.5) is 10.1 Å². The number of cyclic esters (lactones) is 1. The molecule has 0 radical (unpaired) electrons. The summed E-state index contributed by atoms with van der Waals surface area (Å²) in [6.07, 6.45) is 0.160. The summed E-state index contributed by atoms with van der Waals surface area (Å²) in [6.45, 7) is 3.87. The third-order valence-electron chi connectivity index (χ3n) is 5.59. The highest BCUT2D eigenvalue weighted by atomic mass is 19.1. The Bertz CT molecular complexity index is 1090. The van der Waals surface area contributed by atoms with E-state index in [0.29, 0.717) is 23.4 Å². The minimum Gasteiger partial charge on any atom is -0.497 e. The Morgan fingerprint density at radius 2 is 1.78 bits per heavy atom. The Labute approximate surface area is 184 Å². The standard InChI is InChI=1S/C24H23FN2O5/c1-14(2)12-20-23(30)32-24(26-20,15-4-6-16(25)7-5-15)19-13-21(28)27(22(19)29)17-8-10-18(31-3)11-9-17/h4-11,14,19H,12-13H2,1-3H3/t19-,24-/m0/s1. The second-order valence-corrected chi connectivity index (χ2v) is 8.27. The minimum absolute atomic E-state index is 0.127. The van der Waals surface area contributed by atoms with Gasteiger partial charge in [-0.25, -0.2) is 14.2 Å². The Hall–Kier alpha value is -3.55. The van der Waals surface area contributed by atoms with Gasteiger partial charge in [0.05, 0.1) is 12.8 Å². The van der Waals surface area contributed by atoms with E-state index in [4.69, 9.17) is 9.47 Å². The average Bonchev–Trinajstić information content (AvgIpc) is 3.25. The number of hydrogen-bond acceptors (Lipinski definition) is 6. The summed E-state index contributed by atoms with van der Waals surface area (Å²) in [6, 6.07) is 11.8. The van der Waals surface area contributed by atoms with E-state index in [-0.39, 0.29) is 18.1 Å². The van der Waals surface area contributed by atoms with Crippen LogP contribution in [0, 0.1) is 17.7 Å². The number of esters is 1. The molecule has 8 heteroatoms. The van der Waals surface area contributed by atoms with Gasteiger partial charge in [-0.1, -0.05) is 26.0 Å². The lowest BCUT2D eigenvalue weighted by molar-refractivity contribution is -0.156. The molecule has 2 heterocycles. The number of aliphatic imine (C=N–C) groups is 1. The zero-order chi connectivity index (χ0) is 23.0. The molecule has 2 amide bonds. The topological polar surface area (TPSA) is 85.3 Å². The molecule has 7 nitrogen and oxygen atoms in total. The number of carbonyl (C=O) groups is 3. The molecule has 0 aliphatic carbocycles. The molecule has 4 rings (SSSR count). The maximum absolute atomic E-state index is 13.6. The number of anilines is 1. The van der Waals surface area contributed by atoms with E-state index in [1.807, 2.05) is 13.8 Å². The number of halogens is 1. The number of imide groups is 1. The van der Waals surface area contributed by atoms with Crippen LogP contribution in [-0.4, -0.2) is 30.6 Å². The molecule has 166 valence electrons. The van der Waals surface area contributed by atoms with Crippen LogP contribution < -0.4 is 9.64 Å². The molecule has 1 saturated heterocycles. The van der Waals surface area contributed by atoms with Crippen molar-refractivity contribution in [3.8, 4) is 5.75 Å². The first-order valence-corrected chi connectivity index (χ1v) is 10.3. The SMILES string of the molecule is COc1ccc(N2C(=O)C[C@H]([C@@]3(c4ccc(F)cc4)N=C(CC(C)C)C(=O)O3)C2=O)cc1. The van der Waals surface area contributed by atoms with Crippen molar-refractivity contribution in [3.05, 3.63) is 59.9 Å². The lowest BCUT2D eigenvalue weighted by Crippen LogP contribution is -2.40. The third kappa shape index (κ3) is 3.66. The number of rotatable bonds is 6. The fourth-order valence-corrected chi connectivity index (χ4v) is 4.09. The van der Waals surface area contributed by atoms with Crippen molar-refractivity contribution < 1.29 is 28.2 Å². The first-order chi connectivity index (χ1) is 15.2. The van der Waals surface area contributed by atoms with Crippen LogP contribution in [0.15, 0.2) is 53.5 Å². The van der Waals surface area contributed by atoms with E-state index in [9.17, 15) is 18.8 Å². The molecular weight excluding hydrogens is 415 g/mol. The maximum Gasteiger partial charge on any atom is 0.354 e. The number of hydrogen-bond donors (Lipinski definition) is 0. The molecule has 1 fully saturated rings. The monoisotopic (exact) mass is 438 g/mol. The van der Waals surface area contributed by atoms with Gasteiger partial charge in [0.15, 0.2) is 0 Å². The van der Waals surface area contributed by atoms with Crippen molar-refractivity contribution in [1.82, 2.24) is 0 Å². The highest BCUT2D eigenvalue weighted by molar-refractivity contribution is 6.38. The van der Waals surface area contributed by atoms with Gasteiger partial charge < -0.3 is 9.47 Å². The van der Waals surface area contributed by atoms with Crippen molar-refractivity contribution >= 4 is 29.2 Å². The Kier molecular flexibility index (Phi) is 5.54. The second-order valence-electron chi connectivity index (χ2n) is 8.27. The summed E-state index contributed by atoms with van der Waals surface area (Å²) in [7, 11) is 1.52. The molecule has 0 N–H and O–H groups in total. The molecule has 2 aromatic rings. The Morgan fingerprint density at radius 3 is 2.38 bits per heavy atom. The van der Waals surface area contributed by atoms with Gasteiger partial charge in [-0.15, -0.1) is 0 Å². The average molecular weight is 438 g/mol. The highest BCUT2D eigenvalue weighted by Crippen LogP contribution is 2.46. The third-order valence-corrected chi connectivity index (χ3v) is 5.59. The van der Waals surface area contributed by atoms with Gasteiger partial charge in [0, 0.05) is 12.0 Å². The van der Waals surface area contributed by atoms with Crippen LogP contribution in [0.2, 0.25) is 0 Å². The lowest BCUT2D eigenvalue weighted by atomic mass is 9.87. The van der Waals surface area contributed by atoms with Crippen molar-refractivity contribution in [2.24, 2.45) is 16.8 Å². The smallest absolute Gasteiger partial charge is 0.354 e. The molecule has 2 aliphatic rings.